The number of carbonyl (C=O) groups is 1. The molecule has 3 rings (SSSR count). The second-order valence-electron chi connectivity index (χ2n) is 10.4. The highest BCUT2D eigenvalue weighted by Gasteiger charge is 2.41. The van der Waals surface area contributed by atoms with Gasteiger partial charge in [0.15, 0.2) is 0 Å². The third kappa shape index (κ3) is 7.15. The van der Waals surface area contributed by atoms with Crippen LogP contribution in [0.3, 0.4) is 0 Å². The summed E-state index contributed by atoms with van der Waals surface area (Å²) in [6.07, 6.45) is 16.1. The van der Waals surface area contributed by atoms with E-state index in [2.05, 4.69) is 48.0 Å². The molecule has 1 saturated heterocycles. The van der Waals surface area contributed by atoms with Crippen LogP contribution >= 0.6 is 0 Å². The minimum atomic E-state index is -0.164. The second kappa shape index (κ2) is 13.6. The Hall–Kier alpha value is -2.19. The molecule has 34 heavy (non-hydrogen) atoms. The lowest BCUT2D eigenvalue weighted by atomic mass is 9.69. The van der Waals surface area contributed by atoms with Crippen molar-refractivity contribution in [2.75, 3.05) is 20.2 Å². The Balaban J connectivity index is 1.72. The van der Waals surface area contributed by atoms with Crippen molar-refractivity contribution in [2.24, 2.45) is 17.8 Å². The Bertz CT molecular complexity index is 782. The first-order valence-electron chi connectivity index (χ1n) is 13.4. The van der Waals surface area contributed by atoms with E-state index in [4.69, 9.17) is 11.2 Å². The second-order valence-corrected chi connectivity index (χ2v) is 10.4. The van der Waals surface area contributed by atoms with Crippen molar-refractivity contribution >= 4 is 5.91 Å². The van der Waals surface area contributed by atoms with Crippen molar-refractivity contribution in [2.45, 2.75) is 89.6 Å². The number of unbranched alkanes of at least 4 members (excludes halogenated alkanes) is 1. The Morgan fingerprint density at radius 3 is 2.59 bits per heavy atom. The number of carbonyl (C=O) groups excluding carboxylic acids is 1. The maximum atomic E-state index is 13.4. The smallest absolute Gasteiger partial charge is 0.237 e. The van der Waals surface area contributed by atoms with Crippen LogP contribution in [0, 0.1) is 30.2 Å². The standard InChI is InChI=1S/C29H45N3O2/c1-5-7-11-22(19-30-6-2)20-31-29(33)27-18-26(23-14-16-25(34-4)17-15-23)21(3)28(32-27)24-12-9-8-10-13-24/h2,14-17,21-22,24,26-28,30,32H,5,7-13,18-20H2,1,3-4H3,(H,31,33)/t21?,22-,26?,27?,28?/m1/s1. The van der Waals surface area contributed by atoms with Gasteiger partial charge in [0.2, 0.25) is 5.91 Å². The number of amides is 1. The molecule has 1 aliphatic heterocycles. The van der Waals surface area contributed by atoms with Crippen LogP contribution in [0.15, 0.2) is 24.3 Å². The highest BCUT2D eigenvalue weighted by atomic mass is 16.5. The van der Waals surface area contributed by atoms with Gasteiger partial charge in [0.25, 0.3) is 0 Å². The lowest BCUT2D eigenvalue weighted by Gasteiger charge is -2.45. The van der Waals surface area contributed by atoms with Crippen LogP contribution in [-0.4, -0.2) is 38.2 Å². The third-order valence-electron chi connectivity index (χ3n) is 8.13. The summed E-state index contributed by atoms with van der Waals surface area (Å²) in [7, 11) is 1.70. The molecule has 5 heteroatoms. The van der Waals surface area contributed by atoms with Gasteiger partial charge in [0.05, 0.1) is 13.2 Å². The molecule has 3 N–H and O–H groups in total. The average molecular weight is 468 g/mol. The SMILES string of the molecule is C#CNC[C@@H](CCCC)CNC(=O)C1CC(c2ccc(OC)cc2)C(C)C(C2CCCCC2)N1. The van der Waals surface area contributed by atoms with Crippen LogP contribution in [0.4, 0.5) is 0 Å². The van der Waals surface area contributed by atoms with Crippen LogP contribution in [0.2, 0.25) is 0 Å². The van der Waals surface area contributed by atoms with E-state index in [1.54, 1.807) is 7.11 Å². The van der Waals surface area contributed by atoms with Gasteiger partial charge >= 0.3 is 0 Å². The van der Waals surface area contributed by atoms with Crippen molar-refractivity contribution in [3.05, 3.63) is 29.8 Å². The quantitative estimate of drug-likeness (QED) is 0.322. The molecule has 0 aromatic heterocycles. The first-order chi connectivity index (χ1) is 16.6. The Labute approximate surface area is 207 Å². The van der Waals surface area contributed by atoms with Gasteiger partial charge in [-0.15, -0.1) is 0 Å². The fourth-order valence-electron chi connectivity index (χ4n) is 6.04. The predicted molar refractivity (Wildman–Crippen MR) is 140 cm³/mol. The molecule has 1 aromatic rings. The van der Waals surface area contributed by atoms with Gasteiger partial charge < -0.3 is 20.7 Å². The largest absolute Gasteiger partial charge is 0.497 e. The van der Waals surface area contributed by atoms with Gasteiger partial charge in [-0.1, -0.05) is 64.5 Å². The van der Waals surface area contributed by atoms with E-state index in [0.717, 1.165) is 38.0 Å². The van der Waals surface area contributed by atoms with Crippen LogP contribution in [-0.2, 0) is 4.79 Å². The number of piperidine rings is 1. The van der Waals surface area contributed by atoms with E-state index < -0.39 is 0 Å². The molecule has 2 fully saturated rings. The van der Waals surface area contributed by atoms with Crippen LogP contribution < -0.4 is 20.7 Å². The summed E-state index contributed by atoms with van der Waals surface area (Å²) < 4.78 is 5.38. The fraction of sp³-hybridized carbons (Fsp3) is 0.690. The molecular weight excluding hydrogens is 422 g/mol. The molecule has 0 spiro atoms. The molecule has 1 aromatic carbocycles. The van der Waals surface area contributed by atoms with Gasteiger partial charge in [0, 0.05) is 25.2 Å². The van der Waals surface area contributed by atoms with E-state index in [0.29, 0.717) is 36.3 Å². The lowest BCUT2D eigenvalue weighted by Crippen LogP contribution is -2.58. The average Bonchev–Trinajstić information content (AvgIpc) is 2.88. The topological polar surface area (TPSA) is 62.4 Å². The monoisotopic (exact) mass is 467 g/mol. The zero-order valence-corrected chi connectivity index (χ0v) is 21.4. The normalized spacial score (nSPS) is 26.3. The van der Waals surface area contributed by atoms with Gasteiger partial charge in [-0.05, 0) is 67.1 Å². The van der Waals surface area contributed by atoms with E-state index >= 15 is 0 Å². The number of hydrogen-bond donors (Lipinski definition) is 3. The Morgan fingerprint density at radius 1 is 1.21 bits per heavy atom. The number of terminal acetylenes is 1. The lowest BCUT2D eigenvalue weighted by molar-refractivity contribution is -0.125. The van der Waals surface area contributed by atoms with Crippen molar-refractivity contribution < 1.29 is 9.53 Å². The molecule has 1 amide bonds. The van der Waals surface area contributed by atoms with E-state index in [9.17, 15) is 4.79 Å². The minimum Gasteiger partial charge on any atom is -0.497 e. The number of hydrogen-bond acceptors (Lipinski definition) is 4. The van der Waals surface area contributed by atoms with Crippen LogP contribution in [0.5, 0.6) is 5.75 Å². The van der Waals surface area contributed by atoms with Gasteiger partial charge in [-0.2, -0.15) is 0 Å². The molecule has 0 bridgehead atoms. The Morgan fingerprint density at radius 2 is 1.94 bits per heavy atom. The highest BCUT2D eigenvalue weighted by molar-refractivity contribution is 5.82. The molecule has 188 valence electrons. The summed E-state index contributed by atoms with van der Waals surface area (Å²) in [5.41, 5.74) is 1.31. The summed E-state index contributed by atoms with van der Waals surface area (Å²) in [5, 5.41) is 10.1. The molecule has 1 saturated carbocycles. The maximum Gasteiger partial charge on any atom is 0.237 e. The molecule has 5 atom stereocenters. The number of rotatable bonds is 11. The molecule has 4 unspecified atom stereocenters. The highest BCUT2D eigenvalue weighted by Crippen LogP contribution is 2.41. The zero-order valence-electron chi connectivity index (χ0n) is 21.4. The molecule has 0 radical (unpaired) electrons. The number of benzene rings is 1. The summed E-state index contributed by atoms with van der Waals surface area (Å²) in [6.45, 7) is 5.98. The van der Waals surface area contributed by atoms with Crippen LogP contribution in [0.25, 0.3) is 0 Å². The van der Waals surface area contributed by atoms with Crippen LogP contribution in [0.1, 0.15) is 83.1 Å². The van der Waals surface area contributed by atoms with E-state index in [1.165, 1.54) is 37.7 Å². The van der Waals surface area contributed by atoms with Gasteiger partial charge in [0.1, 0.15) is 5.75 Å². The van der Waals surface area contributed by atoms with Gasteiger partial charge in [-0.25, -0.2) is 0 Å². The van der Waals surface area contributed by atoms with Crippen molar-refractivity contribution in [3.8, 4) is 18.2 Å². The first-order valence-corrected chi connectivity index (χ1v) is 13.4. The predicted octanol–water partition coefficient (Wildman–Crippen LogP) is 4.83. The maximum absolute atomic E-state index is 13.4. The fourth-order valence-corrected chi connectivity index (χ4v) is 6.04. The number of methoxy groups -OCH3 is 1. The number of nitrogens with one attached hydrogen (secondary N) is 3. The summed E-state index contributed by atoms with van der Waals surface area (Å²) in [6, 6.07) is 11.2. The molecular formula is C29H45N3O2. The molecule has 5 nitrogen and oxygen atoms in total. The molecule has 1 heterocycles. The van der Waals surface area contributed by atoms with Crippen molar-refractivity contribution in [1.29, 1.82) is 0 Å². The van der Waals surface area contributed by atoms with Crippen molar-refractivity contribution in [3.63, 3.8) is 0 Å². The summed E-state index contributed by atoms with van der Waals surface area (Å²) in [4.78, 5) is 13.4. The van der Waals surface area contributed by atoms with E-state index in [1.807, 2.05) is 12.1 Å². The number of ether oxygens (including phenoxy) is 1. The zero-order chi connectivity index (χ0) is 24.3. The van der Waals surface area contributed by atoms with Gasteiger partial charge in [-0.3, -0.25) is 4.79 Å². The van der Waals surface area contributed by atoms with Crippen molar-refractivity contribution in [1.82, 2.24) is 16.0 Å². The Kier molecular flexibility index (Phi) is 10.6. The van der Waals surface area contributed by atoms with E-state index in [-0.39, 0.29) is 11.9 Å². The molecule has 2 aliphatic rings. The first kappa shape index (κ1) is 26.4. The third-order valence-corrected chi connectivity index (χ3v) is 8.13. The molecule has 1 aliphatic carbocycles. The summed E-state index contributed by atoms with van der Waals surface area (Å²) >= 11 is 0. The summed E-state index contributed by atoms with van der Waals surface area (Å²) in [5.74, 6) is 2.85. The minimum absolute atomic E-state index is 0.133.